The van der Waals surface area contributed by atoms with Gasteiger partial charge in [-0.05, 0) is 6.07 Å². The van der Waals surface area contributed by atoms with Crippen molar-refractivity contribution in [1.29, 1.82) is 0 Å². The summed E-state index contributed by atoms with van der Waals surface area (Å²) in [5.74, 6) is 0.510. The summed E-state index contributed by atoms with van der Waals surface area (Å²) in [5.41, 5.74) is 5.58. The van der Waals surface area contributed by atoms with E-state index in [9.17, 15) is 13.5 Å². The SMILES string of the molecule is CS(=O)(=O)c1c(C(O)CN)ccc2c1OCO2. The Balaban J connectivity index is 2.70. The minimum Gasteiger partial charge on any atom is -0.454 e. The molecule has 0 saturated heterocycles. The molecule has 6 nitrogen and oxygen atoms in total. The van der Waals surface area contributed by atoms with Crippen molar-refractivity contribution >= 4 is 9.84 Å². The van der Waals surface area contributed by atoms with Gasteiger partial charge >= 0.3 is 0 Å². The number of hydrogen-bond acceptors (Lipinski definition) is 6. The van der Waals surface area contributed by atoms with Crippen molar-refractivity contribution in [3.63, 3.8) is 0 Å². The van der Waals surface area contributed by atoms with Crippen LogP contribution in [0.1, 0.15) is 11.7 Å². The van der Waals surface area contributed by atoms with Gasteiger partial charge in [-0.1, -0.05) is 6.07 Å². The van der Waals surface area contributed by atoms with Crippen molar-refractivity contribution in [3.05, 3.63) is 17.7 Å². The molecule has 2 rings (SSSR count). The fraction of sp³-hybridized carbons (Fsp3) is 0.400. The molecule has 0 aromatic heterocycles. The lowest BCUT2D eigenvalue weighted by Crippen LogP contribution is -2.15. The van der Waals surface area contributed by atoms with Gasteiger partial charge in [0.1, 0.15) is 4.90 Å². The zero-order chi connectivity index (χ0) is 12.6. The summed E-state index contributed by atoms with van der Waals surface area (Å²) >= 11 is 0. The molecule has 0 radical (unpaired) electrons. The molecule has 0 spiro atoms. The second-order valence-electron chi connectivity index (χ2n) is 3.74. The Morgan fingerprint density at radius 3 is 2.76 bits per heavy atom. The Hall–Kier alpha value is -1.31. The summed E-state index contributed by atoms with van der Waals surface area (Å²) in [6.07, 6.45) is 0.00560. The molecular weight excluding hydrogens is 246 g/mol. The van der Waals surface area contributed by atoms with Crippen molar-refractivity contribution in [2.75, 3.05) is 19.6 Å². The third-order valence-corrected chi connectivity index (χ3v) is 3.64. The lowest BCUT2D eigenvalue weighted by atomic mass is 10.1. The molecule has 1 aliphatic rings. The summed E-state index contributed by atoms with van der Waals surface area (Å²) < 4.78 is 33.7. The summed E-state index contributed by atoms with van der Waals surface area (Å²) in [6, 6.07) is 3.05. The highest BCUT2D eigenvalue weighted by molar-refractivity contribution is 7.90. The number of rotatable bonds is 3. The lowest BCUT2D eigenvalue weighted by Gasteiger charge is -2.14. The van der Waals surface area contributed by atoms with E-state index >= 15 is 0 Å². The van der Waals surface area contributed by atoms with E-state index in [-0.39, 0.29) is 29.5 Å². The molecule has 7 heteroatoms. The van der Waals surface area contributed by atoms with E-state index in [0.29, 0.717) is 5.75 Å². The van der Waals surface area contributed by atoms with Crippen LogP contribution in [0.5, 0.6) is 11.5 Å². The quantitative estimate of drug-likeness (QED) is 0.780. The number of fused-ring (bicyclic) bond motifs is 1. The molecular formula is C10H13NO5S. The highest BCUT2D eigenvalue weighted by Gasteiger charge is 2.29. The minimum atomic E-state index is -3.53. The van der Waals surface area contributed by atoms with E-state index in [2.05, 4.69) is 0 Å². The van der Waals surface area contributed by atoms with E-state index in [0.717, 1.165) is 6.26 Å². The Morgan fingerprint density at radius 1 is 1.47 bits per heavy atom. The van der Waals surface area contributed by atoms with Crippen molar-refractivity contribution in [3.8, 4) is 11.5 Å². The molecule has 3 N–H and O–H groups in total. The van der Waals surface area contributed by atoms with Gasteiger partial charge < -0.3 is 20.3 Å². The van der Waals surface area contributed by atoms with Gasteiger partial charge in [0.05, 0.1) is 6.10 Å². The second kappa shape index (κ2) is 4.17. The van der Waals surface area contributed by atoms with Crippen LogP contribution in [0.4, 0.5) is 0 Å². The second-order valence-corrected chi connectivity index (χ2v) is 5.69. The number of aliphatic hydroxyl groups is 1. The van der Waals surface area contributed by atoms with Gasteiger partial charge in [0.15, 0.2) is 21.3 Å². The molecule has 0 fully saturated rings. The van der Waals surface area contributed by atoms with Crippen LogP contribution in [0, 0.1) is 0 Å². The molecule has 94 valence electrons. The third-order valence-electron chi connectivity index (χ3n) is 2.48. The number of nitrogens with two attached hydrogens (primary N) is 1. The van der Waals surface area contributed by atoms with Crippen LogP contribution in [0.2, 0.25) is 0 Å². The minimum absolute atomic E-state index is 0.0278. The highest BCUT2D eigenvalue weighted by Crippen LogP contribution is 2.41. The first-order valence-corrected chi connectivity index (χ1v) is 6.85. The standard InChI is InChI=1S/C10H13NO5S/c1-17(13,14)10-6(7(12)4-11)2-3-8-9(10)16-5-15-8/h2-3,7,12H,4-5,11H2,1H3. The Labute approximate surface area is 98.9 Å². The van der Waals surface area contributed by atoms with Crippen LogP contribution in [-0.2, 0) is 9.84 Å². The summed E-state index contributed by atoms with van der Waals surface area (Å²) in [7, 11) is -3.53. The third kappa shape index (κ3) is 2.08. The predicted octanol–water partition coefficient (Wildman–Crippen LogP) is -0.189. The predicted molar refractivity (Wildman–Crippen MR) is 59.7 cm³/mol. The number of benzene rings is 1. The molecule has 0 bridgehead atoms. The topological polar surface area (TPSA) is 98.9 Å². The van der Waals surface area contributed by atoms with Crippen LogP contribution >= 0.6 is 0 Å². The molecule has 1 aromatic carbocycles. The van der Waals surface area contributed by atoms with E-state index in [1.54, 1.807) is 6.07 Å². The van der Waals surface area contributed by atoms with Gasteiger partial charge in [-0.3, -0.25) is 0 Å². The molecule has 0 amide bonds. The largest absolute Gasteiger partial charge is 0.454 e. The van der Waals surface area contributed by atoms with Gasteiger partial charge in [-0.15, -0.1) is 0 Å². The van der Waals surface area contributed by atoms with Gasteiger partial charge in [0, 0.05) is 18.4 Å². The molecule has 1 unspecified atom stereocenters. The van der Waals surface area contributed by atoms with Crippen LogP contribution in [0.15, 0.2) is 17.0 Å². The van der Waals surface area contributed by atoms with E-state index in [4.69, 9.17) is 15.2 Å². The summed E-state index contributed by atoms with van der Waals surface area (Å²) in [6.45, 7) is -0.0950. The Kier molecular flexibility index (Phi) is 2.98. The molecule has 1 atom stereocenters. The maximum absolute atomic E-state index is 11.7. The molecule has 1 aromatic rings. The first-order valence-electron chi connectivity index (χ1n) is 4.96. The van der Waals surface area contributed by atoms with E-state index in [1.165, 1.54) is 6.07 Å². The molecule has 0 aliphatic carbocycles. The van der Waals surface area contributed by atoms with Gasteiger partial charge in [0.25, 0.3) is 0 Å². The van der Waals surface area contributed by atoms with E-state index in [1.807, 2.05) is 0 Å². The van der Waals surface area contributed by atoms with Crippen molar-refractivity contribution in [2.24, 2.45) is 5.73 Å². The average molecular weight is 259 g/mol. The smallest absolute Gasteiger partial charge is 0.231 e. The first-order chi connectivity index (χ1) is 7.95. The monoisotopic (exact) mass is 259 g/mol. The van der Waals surface area contributed by atoms with Gasteiger partial charge in [0.2, 0.25) is 6.79 Å². The fourth-order valence-electron chi connectivity index (χ4n) is 1.73. The van der Waals surface area contributed by atoms with Crippen LogP contribution in [-0.4, -0.2) is 33.1 Å². The fourth-order valence-corrected chi connectivity index (χ4v) is 2.86. The van der Waals surface area contributed by atoms with Crippen molar-refractivity contribution in [2.45, 2.75) is 11.0 Å². The van der Waals surface area contributed by atoms with Gasteiger partial charge in [-0.25, -0.2) is 8.42 Å². The Bertz CT molecular complexity index is 540. The van der Waals surface area contributed by atoms with Crippen molar-refractivity contribution in [1.82, 2.24) is 0 Å². The van der Waals surface area contributed by atoms with Crippen LogP contribution < -0.4 is 15.2 Å². The molecule has 1 aliphatic heterocycles. The number of sulfone groups is 1. The lowest BCUT2D eigenvalue weighted by molar-refractivity contribution is 0.169. The maximum atomic E-state index is 11.7. The number of ether oxygens (including phenoxy) is 2. The zero-order valence-electron chi connectivity index (χ0n) is 9.21. The maximum Gasteiger partial charge on any atom is 0.231 e. The van der Waals surface area contributed by atoms with E-state index < -0.39 is 15.9 Å². The van der Waals surface area contributed by atoms with Crippen LogP contribution in [0.25, 0.3) is 0 Å². The van der Waals surface area contributed by atoms with Crippen molar-refractivity contribution < 1.29 is 23.0 Å². The zero-order valence-corrected chi connectivity index (χ0v) is 10.0. The Morgan fingerprint density at radius 2 is 2.18 bits per heavy atom. The van der Waals surface area contributed by atoms with Gasteiger partial charge in [-0.2, -0.15) is 0 Å². The normalized spacial score (nSPS) is 15.9. The molecule has 17 heavy (non-hydrogen) atoms. The average Bonchev–Trinajstić information content (AvgIpc) is 2.72. The highest BCUT2D eigenvalue weighted by atomic mass is 32.2. The van der Waals surface area contributed by atoms with Crippen LogP contribution in [0.3, 0.4) is 0 Å². The molecule has 0 saturated carbocycles. The summed E-state index contributed by atoms with van der Waals surface area (Å²) in [4.78, 5) is -0.0505. The summed E-state index contributed by atoms with van der Waals surface area (Å²) in [5, 5.41) is 9.72. The molecule has 1 heterocycles. The number of aliphatic hydroxyl groups excluding tert-OH is 1. The first kappa shape index (κ1) is 12.2. The number of hydrogen-bond donors (Lipinski definition) is 2.